The molecule has 0 saturated carbocycles. The smallest absolute Gasteiger partial charge is 0.157 e. The molecule has 5 heterocycles. The fourth-order valence-electron chi connectivity index (χ4n) is 5.69. The second-order valence-corrected chi connectivity index (χ2v) is 11.2. The molecule has 0 bridgehead atoms. The Balaban J connectivity index is 1.14. The molecule has 1 aliphatic heterocycles. The van der Waals surface area contributed by atoms with Gasteiger partial charge in [-0.3, -0.25) is 15.0 Å². The number of anilines is 4. The summed E-state index contributed by atoms with van der Waals surface area (Å²) in [4.78, 5) is 22.0. The van der Waals surface area contributed by atoms with Crippen LogP contribution in [0.15, 0.2) is 84.7 Å². The highest BCUT2D eigenvalue weighted by molar-refractivity contribution is 5.95. The zero-order valence-corrected chi connectivity index (χ0v) is 24.7. The van der Waals surface area contributed by atoms with Crippen molar-refractivity contribution in [2.24, 2.45) is 0 Å². The summed E-state index contributed by atoms with van der Waals surface area (Å²) >= 11 is 0. The van der Waals surface area contributed by atoms with E-state index >= 15 is 0 Å². The normalized spacial score (nSPS) is 15.3. The fourth-order valence-corrected chi connectivity index (χ4v) is 5.69. The monoisotopic (exact) mass is 567 g/mol. The first-order chi connectivity index (χ1) is 20.9. The van der Waals surface area contributed by atoms with E-state index in [0.717, 1.165) is 80.6 Å². The van der Waals surface area contributed by atoms with Crippen molar-refractivity contribution in [2.75, 3.05) is 17.2 Å². The molecular weight excluding hydrogens is 534 g/mol. The minimum Gasteiger partial charge on any atom is -0.374 e. The highest BCUT2D eigenvalue weighted by Gasteiger charge is 2.18. The van der Waals surface area contributed by atoms with Gasteiger partial charge in [-0.25, -0.2) is 4.98 Å². The summed E-state index contributed by atoms with van der Waals surface area (Å²) < 4.78 is 5.84. The van der Waals surface area contributed by atoms with Crippen LogP contribution in [0.2, 0.25) is 0 Å². The lowest BCUT2D eigenvalue weighted by atomic mass is 9.92. The van der Waals surface area contributed by atoms with Gasteiger partial charge in [-0.1, -0.05) is 6.07 Å². The zero-order chi connectivity index (χ0) is 29.5. The van der Waals surface area contributed by atoms with Gasteiger partial charge in [-0.05, 0) is 111 Å². The van der Waals surface area contributed by atoms with Crippen molar-refractivity contribution in [3.8, 4) is 11.5 Å². The van der Waals surface area contributed by atoms with Crippen LogP contribution in [-0.2, 0) is 4.74 Å². The summed E-state index contributed by atoms with van der Waals surface area (Å²) in [6.07, 6.45) is 4.70. The number of pyridine rings is 3. The Labute approximate surface area is 250 Å². The number of H-pyrrole nitrogens is 1. The molecule has 0 radical (unpaired) electrons. The molecule has 1 atom stereocenters. The molecule has 0 fully saturated rings. The molecule has 0 amide bonds. The molecule has 43 heavy (non-hydrogen) atoms. The number of hydrogen-bond donors (Lipinski definition) is 3. The van der Waals surface area contributed by atoms with E-state index in [2.05, 4.69) is 64.8 Å². The topological polar surface area (TPSA) is 101 Å². The van der Waals surface area contributed by atoms with E-state index in [-0.39, 0.29) is 6.10 Å². The first-order valence-corrected chi connectivity index (χ1v) is 14.6. The first-order valence-electron chi connectivity index (χ1n) is 14.6. The summed E-state index contributed by atoms with van der Waals surface area (Å²) in [5.74, 6) is 0.725. The summed E-state index contributed by atoms with van der Waals surface area (Å²) in [7, 11) is 0. The van der Waals surface area contributed by atoms with Crippen molar-refractivity contribution < 1.29 is 4.74 Å². The van der Waals surface area contributed by atoms with Crippen molar-refractivity contribution in [3.63, 3.8) is 0 Å². The van der Waals surface area contributed by atoms with E-state index < -0.39 is 0 Å². The van der Waals surface area contributed by atoms with Gasteiger partial charge in [0, 0.05) is 40.0 Å². The fraction of sp³-hybridized carbons (Fsp3) is 0.200. The van der Waals surface area contributed by atoms with Crippen molar-refractivity contribution in [1.29, 1.82) is 0 Å². The molecule has 0 spiro atoms. The summed E-state index contributed by atoms with van der Waals surface area (Å²) in [5.41, 5.74) is 13.2. The van der Waals surface area contributed by atoms with Crippen LogP contribution in [0, 0.1) is 13.8 Å². The van der Waals surface area contributed by atoms with Crippen molar-refractivity contribution in [2.45, 2.75) is 40.2 Å². The van der Waals surface area contributed by atoms with Crippen LogP contribution in [0.4, 0.5) is 22.7 Å². The Hall–Kier alpha value is -5.08. The number of aromatic nitrogens is 5. The van der Waals surface area contributed by atoms with Gasteiger partial charge in [0.25, 0.3) is 0 Å². The van der Waals surface area contributed by atoms with Gasteiger partial charge in [0.1, 0.15) is 5.69 Å². The van der Waals surface area contributed by atoms with Crippen LogP contribution >= 0.6 is 0 Å². The number of benzene rings is 2. The minimum atomic E-state index is 0.139. The van der Waals surface area contributed by atoms with Gasteiger partial charge < -0.3 is 20.4 Å². The number of fused-ring (bicyclic) bond motifs is 2. The van der Waals surface area contributed by atoms with Crippen LogP contribution < -0.4 is 10.6 Å². The first kappa shape index (κ1) is 26.8. The summed E-state index contributed by atoms with van der Waals surface area (Å²) in [5, 5.41) is 8.10. The molecular formula is C35H33N7O. The third-order valence-electron chi connectivity index (χ3n) is 8.04. The quantitative estimate of drug-likeness (QED) is 0.186. The van der Waals surface area contributed by atoms with Crippen LogP contribution in [-0.4, -0.2) is 37.6 Å². The largest absolute Gasteiger partial charge is 0.374 e. The molecule has 8 heteroatoms. The average Bonchev–Trinajstić information content (AvgIpc) is 3.42. The average molecular weight is 568 g/mol. The Morgan fingerprint density at radius 1 is 0.791 bits per heavy atom. The molecule has 3 N–H and O–H groups in total. The standard InChI is InChI=1S/C35H33N7O/c1-20-15-26(11-13-36-20)39-25-6-9-31-34(18-25)42-35(41-31)32-10-7-27(19-37-32)40-33-16-21(2)38-30-8-5-24(17-29(30)33)28-12-14-43-23(4)22(28)3/h5-11,13,15-19,23H,12,14H2,1-4H3,(H,36,39)(H,38,40)(H,41,42)/t23-/m1/s1. The zero-order valence-electron chi connectivity index (χ0n) is 24.7. The Morgan fingerprint density at radius 2 is 1.63 bits per heavy atom. The third kappa shape index (κ3) is 5.45. The molecule has 0 unspecified atom stereocenters. The van der Waals surface area contributed by atoms with E-state index in [0.29, 0.717) is 0 Å². The lowest BCUT2D eigenvalue weighted by Gasteiger charge is -2.25. The molecule has 7 rings (SSSR count). The summed E-state index contributed by atoms with van der Waals surface area (Å²) in [6, 6.07) is 22.7. The summed E-state index contributed by atoms with van der Waals surface area (Å²) in [6.45, 7) is 9.04. The lowest BCUT2D eigenvalue weighted by Crippen LogP contribution is -2.18. The SMILES string of the molecule is CC1=C(c2ccc3nc(C)cc(Nc4ccc(-c5nc6ccc(Nc7ccnc(C)c7)cc6[nH]5)nc4)c3c2)CCO[C@@H]1C. The molecule has 0 saturated heterocycles. The maximum atomic E-state index is 5.84. The molecule has 8 nitrogen and oxygen atoms in total. The van der Waals surface area contributed by atoms with Crippen LogP contribution in [0.25, 0.3) is 39.0 Å². The molecule has 4 aromatic heterocycles. The number of hydrogen-bond acceptors (Lipinski definition) is 7. The predicted molar refractivity (Wildman–Crippen MR) is 174 cm³/mol. The van der Waals surface area contributed by atoms with Gasteiger partial charge in [0.15, 0.2) is 5.82 Å². The number of aromatic amines is 1. The Bertz CT molecular complexity index is 2010. The van der Waals surface area contributed by atoms with E-state index in [1.54, 1.807) is 6.20 Å². The van der Waals surface area contributed by atoms with Gasteiger partial charge in [-0.15, -0.1) is 0 Å². The molecule has 6 aromatic rings. The van der Waals surface area contributed by atoms with Crippen molar-refractivity contribution in [3.05, 3.63) is 102 Å². The number of rotatable bonds is 6. The van der Waals surface area contributed by atoms with Crippen molar-refractivity contribution in [1.82, 2.24) is 24.9 Å². The molecule has 214 valence electrons. The number of nitrogens with zero attached hydrogens (tertiary/aromatic N) is 4. The Morgan fingerprint density at radius 3 is 2.47 bits per heavy atom. The predicted octanol–water partition coefficient (Wildman–Crippen LogP) is 8.25. The number of ether oxygens (including phenoxy) is 1. The molecule has 0 aliphatic carbocycles. The second-order valence-electron chi connectivity index (χ2n) is 11.2. The van der Waals surface area contributed by atoms with Gasteiger partial charge >= 0.3 is 0 Å². The van der Waals surface area contributed by atoms with E-state index in [1.807, 2.05) is 56.4 Å². The van der Waals surface area contributed by atoms with Crippen LogP contribution in [0.3, 0.4) is 0 Å². The minimum absolute atomic E-state index is 0.139. The van der Waals surface area contributed by atoms with Gasteiger partial charge in [0.2, 0.25) is 0 Å². The highest BCUT2D eigenvalue weighted by atomic mass is 16.5. The number of aryl methyl sites for hydroxylation is 2. The third-order valence-corrected chi connectivity index (χ3v) is 8.04. The molecule has 2 aromatic carbocycles. The van der Waals surface area contributed by atoms with E-state index in [1.165, 1.54) is 16.7 Å². The van der Waals surface area contributed by atoms with Crippen LogP contribution in [0.5, 0.6) is 0 Å². The maximum absolute atomic E-state index is 5.84. The number of imidazole rings is 1. The maximum Gasteiger partial charge on any atom is 0.157 e. The second kappa shape index (κ2) is 11.0. The van der Waals surface area contributed by atoms with Gasteiger partial charge in [0.05, 0.1) is 41.1 Å². The molecule has 1 aliphatic rings. The van der Waals surface area contributed by atoms with Gasteiger partial charge in [-0.2, -0.15) is 0 Å². The highest BCUT2D eigenvalue weighted by Crippen LogP contribution is 2.34. The number of nitrogens with one attached hydrogen (secondary N) is 3. The van der Waals surface area contributed by atoms with E-state index in [4.69, 9.17) is 19.7 Å². The van der Waals surface area contributed by atoms with Crippen molar-refractivity contribution >= 4 is 50.3 Å². The lowest BCUT2D eigenvalue weighted by molar-refractivity contribution is 0.0864. The van der Waals surface area contributed by atoms with Crippen LogP contribution in [0.1, 0.15) is 37.2 Å². The van der Waals surface area contributed by atoms with E-state index in [9.17, 15) is 0 Å². The Kier molecular flexibility index (Phi) is 6.83.